The normalized spacial score (nSPS) is 12.6. The summed E-state index contributed by atoms with van der Waals surface area (Å²) < 4.78 is 4.96. The minimum atomic E-state index is -0.638. The summed E-state index contributed by atoms with van der Waals surface area (Å²) in [7, 11) is 1.46. The summed E-state index contributed by atoms with van der Waals surface area (Å²) in [5.74, 6) is 0.376. The number of hydrogen-bond acceptors (Lipinski definition) is 4. The Labute approximate surface area is 86.9 Å². The second-order valence-corrected chi connectivity index (χ2v) is 3.24. The molecule has 1 rings (SSSR count). The predicted octanol–water partition coefficient (Wildman–Crippen LogP) is 1.05. The molecule has 0 bridgehead atoms. The van der Waals surface area contributed by atoms with Gasteiger partial charge < -0.3 is 20.7 Å². The van der Waals surface area contributed by atoms with E-state index >= 15 is 0 Å². The molecule has 1 unspecified atom stereocenters. The van der Waals surface area contributed by atoms with Crippen LogP contribution in [0.15, 0.2) is 12.1 Å². The highest BCUT2D eigenvalue weighted by Gasteiger charge is 2.13. The van der Waals surface area contributed by atoms with Crippen LogP contribution in [0, 0.1) is 0 Å². The molecule has 0 aliphatic carbocycles. The van der Waals surface area contributed by atoms with E-state index in [0.717, 1.165) is 0 Å². The minimum absolute atomic E-state index is 0.0441. The Hall–Kier alpha value is -0.970. The number of aliphatic hydroxyl groups excluding tert-OH is 1. The summed E-state index contributed by atoms with van der Waals surface area (Å²) in [6.07, 6.45) is 0. The van der Waals surface area contributed by atoms with Crippen LogP contribution < -0.4 is 10.5 Å². The van der Waals surface area contributed by atoms with Gasteiger partial charge in [-0.2, -0.15) is 0 Å². The van der Waals surface area contributed by atoms with E-state index in [9.17, 15) is 5.11 Å². The number of ether oxygens (including phenoxy) is 1. The third kappa shape index (κ3) is 2.09. The van der Waals surface area contributed by atoms with Gasteiger partial charge in [0.15, 0.2) is 0 Å². The topological polar surface area (TPSA) is 75.7 Å². The smallest absolute Gasteiger partial charge is 0.138 e. The molecular weight excluding hydrogens is 206 g/mol. The van der Waals surface area contributed by atoms with E-state index in [2.05, 4.69) is 0 Å². The summed E-state index contributed by atoms with van der Waals surface area (Å²) in [5.41, 5.74) is 5.97. The first-order valence-electron chi connectivity index (χ1n) is 4.03. The predicted molar refractivity (Wildman–Crippen MR) is 53.7 cm³/mol. The van der Waals surface area contributed by atoms with Gasteiger partial charge in [0.05, 0.1) is 24.8 Å². The van der Waals surface area contributed by atoms with Crippen LogP contribution in [0.5, 0.6) is 11.5 Å². The Balaban J connectivity index is 3.17. The zero-order valence-electron chi connectivity index (χ0n) is 7.70. The fraction of sp³-hybridized carbons (Fsp3) is 0.333. The Morgan fingerprint density at radius 2 is 2.21 bits per heavy atom. The molecule has 5 heteroatoms. The average molecular weight is 218 g/mol. The molecule has 0 aromatic heterocycles. The molecule has 4 nitrogen and oxygen atoms in total. The number of rotatable bonds is 3. The lowest BCUT2D eigenvalue weighted by Crippen LogP contribution is -2.14. The quantitative estimate of drug-likeness (QED) is 0.707. The molecule has 14 heavy (non-hydrogen) atoms. The van der Waals surface area contributed by atoms with Crippen molar-refractivity contribution in [2.24, 2.45) is 5.73 Å². The molecular formula is C9H12ClNO3. The molecule has 0 amide bonds. The number of benzene rings is 1. The zero-order chi connectivity index (χ0) is 10.7. The zero-order valence-corrected chi connectivity index (χ0v) is 8.45. The van der Waals surface area contributed by atoms with Gasteiger partial charge in [-0.15, -0.1) is 0 Å². The largest absolute Gasteiger partial charge is 0.508 e. The molecule has 1 aromatic rings. The van der Waals surface area contributed by atoms with Gasteiger partial charge >= 0.3 is 0 Å². The van der Waals surface area contributed by atoms with Crippen molar-refractivity contribution in [3.63, 3.8) is 0 Å². The van der Waals surface area contributed by atoms with Crippen molar-refractivity contribution in [1.82, 2.24) is 0 Å². The first-order chi connectivity index (χ1) is 6.60. The first-order valence-corrected chi connectivity index (χ1v) is 4.40. The number of phenolic OH excluding ortho intramolecular Hbond substituents is 1. The van der Waals surface area contributed by atoms with Crippen LogP contribution in [-0.4, -0.2) is 23.9 Å². The van der Waals surface area contributed by atoms with Crippen LogP contribution >= 0.6 is 11.6 Å². The first kappa shape index (κ1) is 11.1. The van der Waals surface area contributed by atoms with Crippen LogP contribution in [0.4, 0.5) is 0 Å². The van der Waals surface area contributed by atoms with Crippen LogP contribution in [-0.2, 0) is 0 Å². The van der Waals surface area contributed by atoms with Crippen LogP contribution in [0.1, 0.15) is 11.6 Å². The summed E-state index contributed by atoms with van der Waals surface area (Å²) in [6, 6.07) is 2.21. The number of phenols is 1. The van der Waals surface area contributed by atoms with E-state index < -0.39 is 6.04 Å². The van der Waals surface area contributed by atoms with Crippen molar-refractivity contribution < 1.29 is 14.9 Å². The molecule has 0 radical (unpaired) electrons. The van der Waals surface area contributed by atoms with Gasteiger partial charge in [-0.3, -0.25) is 0 Å². The van der Waals surface area contributed by atoms with Gasteiger partial charge in [0.2, 0.25) is 0 Å². The van der Waals surface area contributed by atoms with Gasteiger partial charge in [0.1, 0.15) is 11.5 Å². The Morgan fingerprint density at radius 3 is 2.71 bits per heavy atom. The Kier molecular flexibility index (Phi) is 3.57. The summed E-state index contributed by atoms with van der Waals surface area (Å²) in [6.45, 7) is -0.252. The fourth-order valence-corrected chi connectivity index (χ4v) is 1.35. The van der Waals surface area contributed by atoms with E-state index in [4.69, 9.17) is 27.2 Å². The van der Waals surface area contributed by atoms with Crippen molar-refractivity contribution in [2.75, 3.05) is 13.7 Å². The van der Waals surface area contributed by atoms with E-state index in [-0.39, 0.29) is 12.4 Å². The van der Waals surface area contributed by atoms with Crippen LogP contribution in [0.25, 0.3) is 0 Å². The SMILES string of the molecule is COc1cc(C(N)CO)c(O)cc1Cl. The van der Waals surface area contributed by atoms with E-state index in [1.807, 2.05) is 0 Å². The van der Waals surface area contributed by atoms with Gasteiger partial charge in [0.25, 0.3) is 0 Å². The van der Waals surface area contributed by atoms with Crippen molar-refractivity contribution in [1.29, 1.82) is 0 Å². The maximum Gasteiger partial charge on any atom is 0.138 e. The summed E-state index contributed by atoms with van der Waals surface area (Å²) in [5, 5.41) is 18.6. The van der Waals surface area contributed by atoms with E-state index in [1.54, 1.807) is 0 Å². The molecule has 4 N–H and O–H groups in total. The highest BCUT2D eigenvalue weighted by Crippen LogP contribution is 2.34. The standard InChI is InChI=1S/C9H12ClNO3/c1-14-9-2-5(7(11)4-12)8(13)3-6(9)10/h2-3,7,12-13H,4,11H2,1H3. The van der Waals surface area contributed by atoms with Gasteiger partial charge in [-0.25, -0.2) is 0 Å². The minimum Gasteiger partial charge on any atom is -0.508 e. The Bertz CT molecular complexity index is 330. The maximum absolute atomic E-state index is 9.48. The highest BCUT2D eigenvalue weighted by atomic mass is 35.5. The van der Waals surface area contributed by atoms with Crippen molar-refractivity contribution >= 4 is 11.6 Å². The number of aromatic hydroxyl groups is 1. The maximum atomic E-state index is 9.48. The number of aliphatic hydroxyl groups is 1. The molecule has 78 valence electrons. The molecule has 1 atom stereocenters. The lowest BCUT2D eigenvalue weighted by atomic mass is 10.1. The molecule has 1 aromatic carbocycles. The van der Waals surface area contributed by atoms with Crippen LogP contribution in [0.3, 0.4) is 0 Å². The molecule has 0 spiro atoms. The molecule has 0 heterocycles. The third-order valence-corrected chi connectivity index (χ3v) is 2.19. The van der Waals surface area contributed by atoms with Gasteiger partial charge in [0, 0.05) is 11.6 Å². The average Bonchev–Trinajstić information content (AvgIpc) is 2.17. The lowest BCUT2D eigenvalue weighted by molar-refractivity contribution is 0.265. The Morgan fingerprint density at radius 1 is 1.57 bits per heavy atom. The monoisotopic (exact) mass is 217 g/mol. The summed E-state index contributed by atoms with van der Waals surface area (Å²) in [4.78, 5) is 0. The fourth-order valence-electron chi connectivity index (χ4n) is 1.11. The third-order valence-electron chi connectivity index (χ3n) is 1.90. The second-order valence-electron chi connectivity index (χ2n) is 2.83. The molecule has 0 saturated carbocycles. The van der Waals surface area contributed by atoms with Gasteiger partial charge in [-0.05, 0) is 6.07 Å². The van der Waals surface area contributed by atoms with E-state index in [1.165, 1.54) is 19.2 Å². The van der Waals surface area contributed by atoms with Crippen molar-refractivity contribution in [3.05, 3.63) is 22.7 Å². The van der Waals surface area contributed by atoms with Crippen molar-refractivity contribution in [2.45, 2.75) is 6.04 Å². The lowest BCUT2D eigenvalue weighted by Gasteiger charge is -2.13. The summed E-state index contributed by atoms with van der Waals surface area (Å²) >= 11 is 5.76. The molecule has 0 saturated heterocycles. The van der Waals surface area contributed by atoms with Crippen LogP contribution in [0.2, 0.25) is 5.02 Å². The van der Waals surface area contributed by atoms with Crippen molar-refractivity contribution in [3.8, 4) is 11.5 Å². The van der Waals surface area contributed by atoms with Gasteiger partial charge in [-0.1, -0.05) is 11.6 Å². The molecule has 0 aliphatic rings. The molecule has 0 fully saturated rings. The second kappa shape index (κ2) is 4.50. The number of methoxy groups -OCH3 is 1. The molecule has 0 aliphatic heterocycles. The highest BCUT2D eigenvalue weighted by molar-refractivity contribution is 6.32. The number of hydrogen-bond donors (Lipinski definition) is 3. The van der Waals surface area contributed by atoms with E-state index in [0.29, 0.717) is 16.3 Å². The number of halogens is 1. The number of nitrogens with two attached hydrogens (primary N) is 1.